The van der Waals surface area contributed by atoms with Crippen LogP contribution < -0.4 is 9.80 Å². The Morgan fingerprint density at radius 3 is 2.41 bits per heavy atom. The second kappa shape index (κ2) is 8.89. The molecule has 12 heteroatoms. The Kier molecular flexibility index (Phi) is 5.52. The van der Waals surface area contributed by atoms with E-state index in [2.05, 4.69) is 35.1 Å². The third-order valence-electron chi connectivity index (χ3n) is 6.74. The molecule has 188 valence electrons. The van der Waals surface area contributed by atoms with Crippen LogP contribution in [-0.4, -0.2) is 66.0 Å². The predicted molar refractivity (Wildman–Crippen MR) is 132 cm³/mol. The summed E-state index contributed by atoms with van der Waals surface area (Å²) in [6.07, 6.45) is 10.0. The molecule has 4 aromatic heterocycles. The van der Waals surface area contributed by atoms with Gasteiger partial charge in [-0.05, 0) is 25.1 Å². The number of nitrogens with one attached hydrogen (secondary N) is 1. The summed E-state index contributed by atoms with van der Waals surface area (Å²) in [6.45, 7) is 4.15. The van der Waals surface area contributed by atoms with Gasteiger partial charge in [0.2, 0.25) is 5.95 Å². The standard InChI is InChI=1S/C25H23F2N9O/c1-25(37,20-3-2-19(26)9-21(20)27)18-12-28-24(29-13-18)35-6-4-34(5-7-35)23-22-8-16(17-10-31-32-11-17)14-36(22)33-15-30-23/h2-3,8-15,37H,4-7H2,1H3,(H,31,32). The summed E-state index contributed by atoms with van der Waals surface area (Å²) in [5, 5.41) is 22.1. The van der Waals surface area contributed by atoms with Crippen LogP contribution in [0.5, 0.6) is 0 Å². The van der Waals surface area contributed by atoms with Crippen LogP contribution in [0.25, 0.3) is 16.6 Å². The van der Waals surface area contributed by atoms with E-state index in [-0.39, 0.29) is 5.56 Å². The van der Waals surface area contributed by atoms with Gasteiger partial charge in [-0.2, -0.15) is 10.2 Å². The van der Waals surface area contributed by atoms with E-state index in [1.165, 1.54) is 25.4 Å². The van der Waals surface area contributed by atoms with Crippen molar-refractivity contribution in [3.8, 4) is 11.1 Å². The lowest BCUT2D eigenvalue weighted by atomic mass is 9.89. The number of hydrogen-bond acceptors (Lipinski definition) is 8. The lowest BCUT2D eigenvalue weighted by Crippen LogP contribution is -2.47. The third-order valence-corrected chi connectivity index (χ3v) is 6.74. The molecule has 2 N–H and O–H groups in total. The monoisotopic (exact) mass is 503 g/mol. The molecule has 0 aliphatic carbocycles. The predicted octanol–water partition coefficient (Wildman–Crippen LogP) is 2.77. The van der Waals surface area contributed by atoms with Gasteiger partial charge in [0.15, 0.2) is 5.82 Å². The lowest BCUT2D eigenvalue weighted by molar-refractivity contribution is 0.0970. The maximum absolute atomic E-state index is 14.3. The van der Waals surface area contributed by atoms with E-state index < -0.39 is 17.2 Å². The molecular formula is C25H23F2N9O. The molecule has 5 heterocycles. The molecule has 1 atom stereocenters. The molecule has 37 heavy (non-hydrogen) atoms. The first-order valence-electron chi connectivity index (χ1n) is 11.7. The summed E-state index contributed by atoms with van der Waals surface area (Å²) in [6, 6.07) is 5.13. The van der Waals surface area contributed by atoms with Crippen LogP contribution in [0.3, 0.4) is 0 Å². The molecule has 10 nitrogen and oxygen atoms in total. The van der Waals surface area contributed by atoms with E-state index in [4.69, 9.17) is 0 Å². The summed E-state index contributed by atoms with van der Waals surface area (Å²) >= 11 is 0. The van der Waals surface area contributed by atoms with E-state index in [1.54, 1.807) is 12.5 Å². The topological polar surface area (TPSA) is 111 Å². The quantitative estimate of drug-likeness (QED) is 0.377. The Bertz CT molecular complexity index is 1540. The van der Waals surface area contributed by atoms with Crippen molar-refractivity contribution in [3.63, 3.8) is 0 Å². The average molecular weight is 504 g/mol. The number of nitrogens with zero attached hydrogens (tertiary/aromatic N) is 8. The van der Waals surface area contributed by atoms with Gasteiger partial charge in [-0.25, -0.2) is 28.2 Å². The molecule has 0 bridgehead atoms. The molecule has 6 rings (SSSR count). The van der Waals surface area contributed by atoms with Crippen molar-refractivity contribution in [3.05, 3.63) is 84.3 Å². The van der Waals surface area contributed by atoms with Crippen LogP contribution in [0.2, 0.25) is 0 Å². The van der Waals surface area contributed by atoms with Gasteiger partial charge in [0.25, 0.3) is 0 Å². The van der Waals surface area contributed by atoms with E-state index >= 15 is 0 Å². The highest BCUT2D eigenvalue weighted by Crippen LogP contribution is 2.31. The SMILES string of the molecule is CC(O)(c1cnc(N2CCN(c3ncnn4cc(-c5cn[nH]c5)cc34)CC2)nc1)c1ccc(F)cc1F. The van der Waals surface area contributed by atoms with Crippen molar-refractivity contribution in [1.82, 2.24) is 34.8 Å². The highest BCUT2D eigenvalue weighted by atomic mass is 19.1. The Morgan fingerprint density at radius 2 is 1.70 bits per heavy atom. The number of aromatic amines is 1. The molecule has 5 aromatic rings. The number of rotatable bonds is 5. The summed E-state index contributed by atoms with van der Waals surface area (Å²) in [7, 11) is 0. The molecule has 1 aromatic carbocycles. The molecular weight excluding hydrogens is 480 g/mol. The van der Waals surface area contributed by atoms with E-state index in [1.807, 2.05) is 27.9 Å². The summed E-state index contributed by atoms with van der Waals surface area (Å²) in [5.74, 6) is -0.181. The average Bonchev–Trinajstić information content (AvgIpc) is 3.59. The van der Waals surface area contributed by atoms with Gasteiger partial charge in [0.1, 0.15) is 29.1 Å². The van der Waals surface area contributed by atoms with Gasteiger partial charge in [-0.1, -0.05) is 0 Å². The number of piperazine rings is 1. The van der Waals surface area contributed by atoms with Gasteiger partial charge in [-0.3, -0.25) is 5.10 Å². The van der Waals surface area contributed by atoms with Gasteiger partial charge in [0, 0.05) is 79.3 Å². The fourth-order valence-corrected chi connectivity index (χ4v) is 4.62. The van der Waals surface area contributed by atoms with Gasteiger partial charge < -0.3 is 14.9 Å². The molecule has 1 fully saturated rings. The molecule has 1 aliphatic rings. The Morgan fingerprint density at radius 1 is 0.946 bits per heavy atom. The number of aromatic nitrogens is 7. The second-order valence-electron chi connectivity index (χ2n) is 9.07. The van der Waals surface area contributed by atoms with Crippen molar-refractivity contribution in [1.29, 1.82) is 0 Å². The minimum Gasteiger partial charge on any atom is -0.380 e. The molecule has 0 spiro atoms. The largest absolute Gasteiger partial charge is 0.380 e. The first-order valence-corrected chi connectivity index (χ1v) is 11.7. The zero-order valence-electron chi connectivity index (χ0n) is 19.9. The number of benzene rings is 1. The van der Waals surface area contributed by atoms with E-state index in [9.17, 15) is 13.9 Å². The molecule has 0 radical (unpaired) electrons. The van der Waals surface area contributed by atoms with Gasteiger partial charge in [-0.15, -0.1) is 0 Å². The molecule has 1 saturated heterocycles. The first-order chi connectivity index (χ1) is 17.9. The van der Waals surface area contributed by atoms with Crippen LogP contribution >= 0.6 is 0 Å². The minimum absolute atomic E-state index is 0.0451. The highest BCUT2D eigenvalue weighted by molar-refractivity contribution is 5.77. The number of hydrogen-bond donors (Lipinski definition) is 2. The highest BCUT2D eigenvalue weighted by Gasteiger charge is 2.30. The number of aliphatic hydroxyl groups is 1. The van der Waals surface area contributed by atoms with Crippen molar-refractivity contribution in [2.24, 2.45) is 0 Å². The van der Waals surface area contributed by atoms with Crippen molar-refractivity contribution < 1.29 is 13.9 Å². The van der Waals surface area contributed by atoms with E-state index in [0.29, 0.717) is 37.7 Å². The number of fused-ring (bicyclic) bond motifs is 1. The fourth-order valence-electron chi connectivity index (χ4n) is 4.62. The third kappa shape index (κ3) is 4.14. The maximum atomic E-state index is 14.3. The number of halogens is 2. The summed E-state index contributed by atoms with van der Waals surface area (Å²) in [5.41, 5.74) is 1.44. The zero-order chi connectivity index (χ0) is 25.6. The Balaban J connectivity index is 1.17. The van der Waals surface area contributed by atoms with Gasteiger partial charge >= 0.3 is 0 Å². The van der Waals surface area contributed by atoms with Gasteiger partial charge in [0.05, 0.1) is 6.20 Å². The number of anilines is 2. The Labute approximate surface area is 210 Å². The van der Waals surface area contributed by atoms with E-state index in [0.717, 1.165) is 34.6 Å². The first kappa shape index (κ1) is 23.0. The molecule has 1 aliphatic heterocycles. The molecule has 0 saturated carbocycles. The normalized spacial score (nSPS) is 15.8. The molecule has 0 amide bonds. The van der Waals surface area contributed by atoms with Crippen molar-refractivity contribution in [2.75, 3.05) is 36.0 Å². The van der Waals surface area contributed by atoms with Crippen molar-refractivity contribution >= 4 is 17.3 Å². The Hall–Kier alpha value is -4.45. The summed E-state index contributed by atoms with van der Waals surface area (Å²) < 4.78 is 29.4. The smallest absolute Gasteiger partial charge is 0.225 e. The summed E-state index contributed by atoms with van der Waals surface area (Å²) in [4.78, 5) is 17.6. The lowest BCUT2D eigenvalue weighted by Gasteiger charge is -2.35. The van der Waals surface area contributed by atoms with Crippen LogP contribution in [0.4, 0.5) is 20.5 Å². The second-order valence-corrected chi connectivity index (χ2v) is 9.07. The minimum atomic E-state index is -1.71. The van der Waals surface area contributed by atoms with Crippen LogP contribution in [-0.2, 0) is 5.60 Å². The van der Waals surface area contributed by atoms with Crippen molar-refractivity contribution in [2.45, 2.75) is 12.5 Å². The molecule has 1 unspecified atom stereocenters. The van der Waals surface area contributed by atoms with Crippen LogP contribution in [0, 0.1) is 11.6 Å². The fraction of sp³-hybridized carbons (Fsp3) is 0.240. The number of H-pyrrole nitrogens is 1. The zero-order valence-corrected chi connectivity index (χ0v) is 19.9. The van der Waals surface area contributed by atoms with Crippen LogP contribution in [0.15, 0.2) is 61.6 Å². The van der Waals surface area contributed by atoms with Crippen LogP contribution in [0.1, 0.15) is 18.1 Å². The maximum Gasteiger partial charge on any atom is 0.225 e.